The quantitative estimate of drug-likeness (QED) is 0.813. The van der Waals surface area contributed by atoms with Crippen LogP contribution in [0, 0.1) is 5.92 Å². The molecule has 18 heavy (non-hydrogen) atoms. The zero-order valence-corrected chi connectivity index (χ0v) is 11.7. The standard InChI is InChI=1S/C14H24N2O2/c1-4-16-12(17)11(10-8-6-5-7-9-10)15-13(18)14(16,2)3/h10-11H,4-9H2,1-3H3,(H,15,18). The van der Waals surface area contributed by atoms with Crippen LogP contribution >= 0.6 is 0 Å². The van der Waals surface area contributed by atoms with E-state index in [1.807, 2.05) is 20.8 Å². The normalized spacial score (nSPS) is 29.3. The monoisotopic (exact) mass is 252 g/mol. The second-order valence-corrected chi connectivity index (χ2v) is 5.99. The smallest absolute Gasteiger partial charge is 0.246 e. The zero-order valence-electron chi connectivity index (χ0n) is 11.7. The average molecular weight is 252 g/mol. The lowest BCUT2D eigenvalue weighted by Gasteiger charge is -2.46. The molecule has 1 aliphatic heterocycles. The summed E-state index contributed by atoms with van der Waals surface area (Å²) in [6.07, 6.45) is 5.75. The molecule has 2 rings (SSSR count). The van der Waals surface area contributed by atoms with Crippen molar-refractivity contribution in [3.05, 3.63) is 0 Å². The number of rotatable bonds is 2. The third kappa shape index (κ3) is 2.13. The van der Waals surface area contributed by atoms with Gasteiger partial charge < -0.3 is 10.2 Å². The van der Waals surface area contributed by atoms with Gasteiger partial charge in [-0.3, -0.25) is 9.59 Å². The van der Waals surface area contributed by atoms with Crippen molar-refractivity contribution in [3.63, 3.8) is 0 Å². The molecule has 0 radical (unpaired) electrons. The molecule has 0 aromatic heterocycles. The summed E-state index contributed by atoms with van der Waals surface area (Å²) >= 11 is 0. The highest BCUT2D eigenvalue weighted by Crippen LogP contribution is 2.31. The Morgan fingerprint density at radius 1 is 1.22 bits per heavy atom. The van der Waals surface area contributed by atoms with Crippen LogP contribution in [-0.4, -0.2) is 34.8 Å². The molecule has 102 valence electrons. The first-order valence-corrected chi connectivity index (χ1v) is 7.11. The van der Waals surface area contributed by atoms with Crippen molar-refractivity contribution < 1.29 is 9.59 Å². The Morgan fingerprint density at radius 2 is 1.83 bits per heavy atom. The van der Waals surface area contributed by atoms with Gasteiger partial charge in [0, 0.05) is 6.54 Å². The predicted molar refractivity (Wildman–Crippen MR) is 70.0 cm³/mol. The fourth-order valence-corrected chi connectivity index (χ4v) is 3.28. The van der Waals surface area contributed by atoms with Gasteiger partial charge in [0.2, 0.25) is 11.8 Å². The van der Waals surface area contributed by atoms with Crippen molar-refractivity contribution in [2.45, 2.75) is 64.5 Å². The fraction of sp³-hybridized carbons (Fsp3) is 0.857. The number of amides is 2. The second-order valence-electron chi connectivity index (χ2n) is 5.99. The van der Waals surface area contributed by atoms with Crippen LogP contribution in [0.4, 0.5) is 0 Å². The van der Waals surface area contributed by atoms with E-state index in [9.17, 15) is 9.59 Å². The van der Waals surface area contributed by atoms with Crippen LogP contribution in [0.2, 0.25) is 0 Å². The molecule has 2 amide bonds. The molecule has 1 unspecified atom stereocenters. The van der Waals surface area contributed by atoms with Crippen LogP contribution in [0.25, 0.3) is 0 Å². The van der Waals surface area contributed by atoms with Gasteiger partial charge in [-0.15, -0.1) is 0 Å². The van der Waals surface area contributed by atoms with Gasteiger partial charge in [0.15, 0.2) is 0 Å². The first-order valence-electron chi connectivity index (χ1n) is 7.11. The average Bonchev–Trinajstić information content (AvgIpc) is 2.35. The van der Waals surface area contributed by atoms with Crippen LogP contribution < -0.4 is 5.32 Å². The SMILES string of the molecule is CCN1C(=O)C(C2CCCCC2)NC(=O)C1(C)C. The van der Waals surface area contributed by atoms with Crippen LogP contribution in [0.3, 0.4) is 0 Å². The first kappa shape index (κ1) is 13.4. The third-order valence-corrected chi connectivity index (χ3v) is 4.49. The number of carbonyl (C=O) groups excluding carboxylic acids is 2. The van der Waals surface area contributed by atoms with Crippen LogP contribution in [0.5, 0.6) is 0 Å². The summed E-state index contributed by atoms with van der Waals surface area (Å²) in [6, 6.07) is -0.286. The van der Waals surface area contributed by atoms with E-state index < -0.39 is 5.54 Å². The van der Waals surface area contributed by atoms with Gasteiger partial charge in [-0.2, -0.15) is 0 Å². The Morgan fingerprint density at radius 3 is 2.39 bits per heavy atom. The summed E-state index contributed by atoms with van der Waals surface area (Å²) in [5.41, 5.74) is -0.711. The van der Waals surface area contributed by atoms with Gasteiger partial charge in [0.25, 0.3) is 0 Å². The van der Waals surface area contributed by atoms with Gasteiger partial charge in [-0.05, 0) is 39.5 Å². The van der Waals surface area contributed by atoms with E-state index in [-0.39, 0.29) is 17.9 Å². The number of hydrogen-bond donors (Lipinski definition) is 1. The van der Waals surface area contributed by atoms with Crippen LogP contribution in [0.15, 0.2) is 0 Å². The van der Waals surface area contributed by atoms with Crippen molar-refractivity contribution in [2.24, 2.45) is 5.92 Å². The van der Waals surface area contributed by atoms with E-state index >= 15 is 0 Å². The highest BCUT2D eigenvalue weighted by molar-refractivity contribution is 5.99. The number of nitrogens with one attached hydrogen (secondary N) is 1. The Balaban J connectivity index is 2.18. The Hall–Kier alpha value is -1.06. The van der Waals surface area contributed by atoms with E-state index in [4.69, 9.17) is 0 Å². The lowest BCUT2D eigenvalue weighted by molar-refractivity contribution is -0.156. The summed E-state index contributed by atoms with van der Waals surface area (Å²) in [6.45, 7) is 6.18. The molecule has 1 saturated heterocycles. The summed E-state index contributed by atoms with van der Waals surface area (Å²) in [5.74, 6) is 0.425. The molecule has 0 spiro atoms. The molecular formula is C14H24N2O2. The molecule has 1 atom stereocenters. The molecule has 2 aliphatic rings. The molecule has 0 aromatic rings. The zero-order chi connectivity index (χ0) is 13.3. The van der Waals surface area contributed by atoms with Crippen molar-refractivity contribution in [1.82, 2.24) is 10.2 Å². The molecule has 1 heterocycles. The molecule has 0 bridgehead atoms. The van der Waals surface area contributed by atoms with Gasteiger partial charge in [0.1, 0.15) is 11.6 Å². The number of likely N-dealkylation sites (N-methyl/N-ethyl adjacent to an activating group) is 1. The van der Waals surface area contributed by atoms with Gasteiger partial charge in [0.05, 0.1) is 0 Å². The molecule has 1 aliphatic carbocycles. The van der Waals surface area contributed by atoms with Gasteiger partial charge in [-0.1, -0.05) is 19.3 Å². The second kappa shape index (κ2) is 4.90. The number of hydrogen-bond acceptors (Lipinski definition) is 2. The Bertz CT molecular complexity index is 346. The minimum atomic E-state index is -0.711. The molecular weight excluding hydrogens is 228 g/mol. The molecule has 1 saturated carbocycles. The van der Waals surface area contributed by atoms with E-state index in [1.54, 1.807) is 4.90 Å². The molecule has 0 aromatic carbocycles. The summed E-state index contributed by atoms with van der Waals surface area (Å²) in [7, 11) is 0. The third-order valence-electron chi connectivity index (χ3n) is 4.49. The topological polar surface area (TPSA) is 49.4 Å². The number of nitrogens with zero attached hydrogens (tertiary/aromatic N) is 1. The van der Waals surface area contributed by atoms with Gasteiger partial charge in [-0.25, -0.2) is 0 Å². The highest BCUT2D eigenvalue weighted by Gasteiger charge is 2.47. The lowest BCUT2D eigenvalue weighted by atomic mass is 9.81. The minimum absolute atomic E-state index is 0.0143. The van der Waals surface area contributed by atoms with Crippen molar-refractivity contribution in [2.75, 3.05) is 6.54 Å². The molecule has 2 fully saturated rings. The maximum Gasteiger partial charge on any atom is 0.246 e. The fourth-order valence-electron chi connectivity index (χ4n) is 3.28. The molecule has 4 nitrogen and oxygen atoms in total. The molecule has 4 heteroatoms. The van der Waals surface area contributed by atoms with Crippen LogP contribution in [-0.2, 0) is 9.59 Å². The van der Waals surface area contributed by atoms with Gasteiger partial charge >= 0.3 is 0 Å². The Labute approximate surface area is 109 Å². The first-order chi connectivity index (χ1) is 8.48. The van der Waals surface area contributed by atoms with E-state index in [2.05, 4.69) is 5.32 Å². The van der Waals surface area contributed by atoms with E-state index in [1.165, 1.54) is 19.3 Å². The van der Waals surface area contributed by atoms with Crippen LogP contribution in [0.1, 0.15) is 52.9 Å². The maximum absolute atomic E-state index is 12.5. The van der Waals surface area contributed by atoms with Crippen molar-refractivity contribution in [3.8, 4) is 0 Å². The van der Waals surface area contributed by atoms with E-state index in [0.29, 0.717) is 12.5 Å². The maximum atomic E-state index is 12.5. The predicted octanol–water partition coefficient (Wildman–Crippen LogP) is 1.69. The van der Waals surface area contributed by atoms with E-state index in [0.717, 1.165) is 12.8 Å². The number of piperazine rings is 1. The van der Waals surface area contributed by atoms with Crippen molar-refractivity contribution in [1.29, 1.82) is 0 Å². The minimum Gasteiger partial charge on any atom is -0.342 e. The summed E-state index contributed by atoms with van der Waals surface area (Å²) < 4.78 is 0. The molecule has 1 N–H and O–H groups in total. The Kier molecular flexibility index (Phi) is 3.64. The summed E-state index contributed by atoms with van der Waals surface area (Å²) in [5, 5.41) is 2.96. The summed E-state index contributed by atoms with van der Waals surface area (Å²) in [4.78, 5) is 26.4. The highest BCUT2D eigenvalue weighted by atomic mass is 16.2. The largest absolute Gasteiger partial charge is 0.342 e. The number of carbonyl (C=O) groups is 2. The lowest BCUT2D eigenvalue weighted by Crippen LogP contribution is -2.69. The van der Waals surface area contributed by atoms with Crippen molar-refractivity contribution >= 4 is 11.8 Å².